The summed E-state index contributed by atoms with van der Waals surface area (Å²) in [5, 5.41) is 0. The molecule has 2 aromatic rings. The van der Waals surface area contributed by atoms with E-state index in [1.807, 2.05) is 60.7 Å². The molecule has 7 nitrogen and oxygen atoms in total. The van der Waals surface area contributed by atoms with Crippen molar-refractivity contribution >= 4 is 17.9 Å². The number of ether oxygens (including phenoxy) is 3. The van der Waals surface area contributed by atoms with Gasteiger partial charge in [-0.2, -0.15) is 0 Å². The molecule has 1 aliphatic heterocycles. The van der Waals surface area contributed by atoms with Crippen molar-refractivity contribution in [3.05, 3.63) is 94.3 Å². The van der Waals surface area contributed by atoms with E-state index < -0.39 is 29.4 Å². The van der Waals surface area contributed by atoms with Gasteiger partial charge in [0.15, 0.2) is 0 Å². The largest absolute Gasteiger partial charge is 0.459 e. The molecule has 0 fully saturated rings. The summed E-state index contributed by atoms with van der Waals surface area (Å²) in [6, 6.07) is 18.7. The summed E-state index contributed by atoms with van der Waals surface area (Å²) < 4.78 is 16.7. The van der Waals surface area contributed by atoms with Gasteiger partial charge in [0.1, 0.15) is 25.4 Å². The third-order valence-electron chi connectivity index (χ3n) is 6.03. The van der Waals surface area contributed by atoms with Gasteiger partial charge in [-0.1, -0.05) is 67.6 Å². The van der Waals surface area contributed by atoms with Crippen molar-refractivity contribution in [3.63, 3.8) is 0 Å². The summed E-state index contributed by atoms with van der Waals surface area (Å²) in [6.07, 6.45) is 0. The second-order valence-electron chi connectivity index (χ2n) is 10.0. The Balaban J connectivity index is 1.90. The monoisotopic (exact) mass is 505 g/mol. The first-order chi connectivity index (χ1) is 17.5. The quantitative estimate of drug-likeness (QED) is 0.355. The standard InChI is InChI=1S/C30H35NO6/c1-20-26(28(33)35-18-23-13-9-7-10-14-23)21(2)31(17-25(32)37-30(4,5)6)22(3)27(20)29(34)36-19-24-15-11-8-12-16-24/h7-16,20H,17-19H2,1-6H3. The lowest BCUT2D eigenvalue weighted by atomic mass is 9.86. The highest BCUT2D eigenvalue weighted by atomic mass is 16.6. The molecule has 0 amide bonds. The first-order valence-corrected chi connectivity index (χ1v) is 12.3. The summed E-state index contributed by atoms with van der Waals surface area (Å²) in [5.74, 6) is -2.18. The number of benzene rings is 2. The van der Waals surface area contributed by atoms with E-state index in [1.54, 1.807) is 46.4 Å². The van der Waals surface area contributed by atoms with Crippen LogP contribution in [0.4, 0.5) is 0 Å². The van der Waals surface area contributed by atoms with E-state index >= 15 is 0 Å². The average molecular weight is 506 g/mol. The highest BCUT2D eigenvalue weighted by Crippen LogP contribution is 2.36. The predicted molar refractivity (Wildman–Crippen MR) is 140 cm³/mol. The van der Waals surface area contributed by atoms with Crippen LogP contribution in [0.1, 0.15) is 52.7 Å². The molecule has 1 heterocycles. The third-order valence-corrected chi connectivity index (χ3v) is 6.03. The molecule has 0 aliphatic carbocycles. The van der Waals surface area contributed by atoms with Gasteiger partial charge in [0, 0.05) is 17.3 Å². The van der Waals surface area contributed by atoms with Crippen LogP contribution in [0, 0.1) is 5.92 Å². The smallest absolute Gasteiger partial charge is 0.336 e. The highest BCUT2D eigenvalue weighted by Gasteiger charge is 2.38. The number of carbonyl (C=O) groups excluding carboxylic acids is 3. The molecule has 2 aromatic carbocycles. The maximum absolute atomic E-state index is 13.3. The van der Waals surface area contributed by atoms with E-state index in [-0.39, 0.29) is 19.8 Å². The van der Waals surface area contributed by atoms with Gasteiger partial charge in [0.2, 0.25) is 0 Å². The van der Waals surface area contributed by atoms with E-state index in [0.29, 0.717) is 22.5 Å². The van der Waals surface area contributed by atoms with Gasteiger partial charge in [-0.05, 0) is 45.7 Å². The van der Waals surface area contributed by atoms with E-state index in [9.17, 15) is 14.4 Å². The minimum absolute atomic E-state index is 0.0890. The van der Waals surface area contributed by atoms with Crippen molar-refractivity contribution in [3.8, 4) is 0 Å². The summed E-state index contributed by atoms with van der Waals surface area (Å²) in [5.41, 5.74) is 2.69. The second-order valence-corrected chi connectivity index (χ2v) is 10.0. The molecule has 0 saturated carbocycles. The Morgan fingerprint density at radius 1 is 0.757 bits per heavy atom. The highest BCUT2D eigenvalue weighted by molar-refractivity contribution is 5.97. The zero-order chi connectivity index (χ0) is 27.2. The number of rotatable bonds is 8. The Morgan fingerprint density at radius 3 is 1.54 bits per heavy atom. The molecule has 196 valence electrons. The Hall–Kier alpha value is -3.87. The van der Waals surface area contributed by atoms with Crippen molar-refractivity contribution in [1.29, 1.82) is 0 Å². The minimum Gasteiger partial charge on any atom is -0.459 e. The number of hydrogen-bond donors (Lipinski definition) is 0. The molecular formula is C30H35NO6. The Morgan fingerprint density at radius 2 is 1.16 bits per heavy atom. The topological polar surface area (TPSA) is 82.1 Å². The number of nitrogens with zero attached hydrogens (tertiary/aromatic N) is 1. The van der Waals surface area contributed by atoms with Crippen LogP contribution < -0.4 is 0 Å². The van der Waals surface area contributed by atoms with Crippen molar-refractivity contribution in [1.82, 2.24) is 4.90 Å². The Kier molecular flexibility index (Phi) is 8.92. The lowest BCUT2D eigenvalue weighted by molar-refractivity contribution is -0.155. The van der Waals surface area contributed by atoms with Crippen molar-refractivity contribution < 1.29 is 28.6 Å². The predicted octanol–water partition coefficient (Wildman–Crippen LogP) is 5.31. The molecule has 0 bridgehead atoms. The molecule has 0 unspecified atom stereocenters. The van der Waals surface area contributed by atoms with Crippen LogP contribution in [0.15, 0.2) is 83.2 Å². The van der Waals surface area contributed by atoms with Crippen LogP contribution in [-0.4, -0.2) is 35.0 Å². The fourth-order valence-corrected chi connectivity index (χ4v) is 4.30. The van der Waals surface area contributed by atoms with Gasteiger partial charge in [-0.3, -0.25) is 4.79 Å². The molecule has 0 radical (unpaired) electrons. The molecule has 0 saturated heterocycles. The molecule has 7 heteroatoms. The van der Waals surface area contributed by atoms with Crippen LogP contribution in [0.2, 0.25) is 0 Å². The third kappa shape index (κ3) is 7.32. The van der Waals surface area contributed by atoms with Crippen LogP contribution in [0.5, 0.6) is 0 Å². The summed E-state index contributed by atoms with van der Waals surface area (Å²) in [4.78, 5) is 41.0. The fourth-order valence-electron chi connectivity index (χ4n) is 4.30. The first kappa shape index (κ1) is 27.7. The number of esters is 3. The minimum atomic E-state index is -0.676. The van der Waals surface area contributed by atoms with Gasteiger partial charge >= 0.3 is 17.9 Å². The van der Waals surface area contributed by atoms with E-state index in [0.717, 1.165) is 11.1 Å². The molecule has 0 spiro atoms. The van der Waals surface area contributed by atoms with Crippen molar-refractivity contribution in [2.24, 2.45) is 5.92 Å². The lowest BCUT2D eigenvalue weighted by Crippen LogP contribution is -2.39. The lowest BCUT2D eigenvalue weighted by Gasteiger charge is -2.36. The molecule has 0 atom stereocenters. The molecule has 37 heavy (non-hydrogen) atoms. The zero-order valence-electron chi connectivity index (χ0n) is 22.4. The number of carbonyl (C=O) groups is 3. The molecular weight excluding hydrogens is 470 g/mol. The second kappa shape index (κ2) is 11.9. The SMILES string of the molecule is CC1=C(C(=O)OCc2ccccc2)C(C)C(C(=O)OCc2ccccc2)=C(C)N1CC(=O)OC(C)(C)C. The van der Waals surface area contributed by atoms with Gasteiger partial charge in [-0.25, -0.2) is 9.59 Å². The van der Waals surface area contributed by atoms with Gasteiger partial charge < -0.3 is 19.1 Å². The molecule has 1 aliphatic rings. The maximum atomic E-state index is 13.3. The van der Waals surface area contributed by atoms with Gasteiger partial charge in [-0.15, -0.1) is 0 Å². The number of hydrogen-bond acceptors (Lipinski definition) is 7. The fraction of sp³-hybridized carbons (Fsp3) is 0.367. The van der Waals surface area contributed by atoms with E-state index in [2.05, 4.69) is 0 Å². The van der Waals surface area contributed by atoms with E-state index in [1.165, 1.54) is 0 Å². The summed E-state index contributed by atoms with van der Waals surface area (Å²) >= 11 is 0. The molecule has 3 rings (SSSR count). The van der Waals surface area contributed by atoms with Crippen molar-refractivity contribution in [2.45, 2.75) is 60.4 Å². The Labute approximate surface area is 218 Å². The van der Waals surface area contributed by atoms with Crippen LogP contribution >= 0.6 is 0 Å². The first-order valence-electron chi connectivity index (χ1n) is 12.3. The van der Waals surface area contributed by atoms with Gasteiger partial charge in [0.25, 0.3) is 0 Å². The van der Waals surface area contributed by atoms with E-state index in [4.69, 9.17) is 14.2 Å². The summed E-state index contributed by atoms with van der Waals surface area (Å²) in [6.45, 7) is 10.6. The Bertz CT molecular complexity index is 1110. The zero-order valence-corrected chi connectivity index (χ0v) is 22.4. The summed E-state index contributed by atoms with van der Waals surface area (Å²) in [7, 11) is 0. The molecule has 0 N–H and O–H groups in total. The van der Waals surface area contributed by atoms with Crippen LogP contribution in [0.3, 0.4) is 0 Å². The maximum Gasteiger partial charge on any atom is 0.336 e. The average Bonchev–Trinajstić information content (AvgIpc) is 2.84. The van der Waals surface area contributed by atoms with Crippen LogP contribution in [0.25, 0.3) is 0 Å². The molecule has 0 aromatic heterocycles. The van der Waals surface area contributed by atoms with Gasteiger partial charge in [0.05, 0.1) is 11.1 Å². The van der Waals surface area contributed by atoms with Crippen molar-refractivity contribution in [2.75, 3.05) is 6.54 Å². The number of allylic oxidation sites excluding steroid dienone is 2. The van der Waals surface area contributed by atoms with Crippen LogP contribution in [-0.2, 0) is 41.8 Å². The normalized spacial score (nSPS) is 14.5.